The standard InChI is InChI=1S/C11H9BrN2O/c12-9-4-2-1-3-8(9)7-10-13-6-5-11(15)14-10/h1-6H,7H2,(H,13,14,15). The van der Waals surface area contributed by atoms with Crippen molar-refractivity contribution in [1.29, 1.82) is 0 Å². The largest absolute Gasteiger partial charge is 0.310 e. The van der Waals surface area contributed by atoms with Crippen molar-refractivity contribution in [3.05, 3.63) is 62.7 Å². The number of hydrogen-bond acceptors (Lipinski definition) is 2. The number of aromatic nitrogens is 2. The number of nitrogens with zero attached hydrogens (tertiary/aromatic N) is 1. The Kier molecular flexibility index (Phi) is 2.97. The Hall–Kier alpha value is -1.42. The third-order valence-corrected chi connectivity index (χ3v) is 2.81. The van der Waals surface area contributed by atoms with Crippen molar-refractivity contribution in [2.24, 2.45) is 0 Å². The van der Waals surface area contributed by atoms with Crippen molar-refractivity contribution in [2.45, 2.75) is 6.42 Å². The Labute approximate surface area is 95.3 Å². The molecule has 0 spiro atoms. The van der Waals surface area contributed by atoms with Crippen LogP contribution in [0.25, 0.3) is 0 Å². The molecule has 1 N–H and O–H groups in total. The van der Waals surface area contributed by atoms with Gasteiger partial charge in [0.15, 0.2) is 0 Å². The molecule has 3 nitrogen and oxygen atoms in total. The first-order chi connectivity index (χ1) is 7.25. The Morgan fingerprint density at radius 2 is 2.07 bits per heavy atom. The zero-order valence-electron chi connectivity index (χ0n) is 7.90. The van der Waals surface area contributed by atoms with Crippen LogP contribution < -0.4 is 5.56 Å². The summed E-state index contributed by atoms with van der Waals surface area (Å²) in [4.78, 5) is 17.9. The highest BCUT2D eigenvalue weighted by atomic mass is 79.9. The van der Waals surface area contributed by atoms with Gasteiger partial charge in [-0.3, -0.25) is 4.79 Å². The minimum Gasteiger partial charge on any atom is -0.310 e. The number of nitrogens with one attached hydrogen (secondary N) is 1. The molecule has 2 rings (SSSR count). The normalized spacial score (nSPS) is 10.2. The van der Waals surface area contributed by atoms with Crippen LogP contribution in [0.4, 0.5) is 0 Å². The molecule has 4 heteroatoms. The van der Waals surface area contributed by atoms with E-state index in [9.17, 15) is 4.79 Å². The van der Waals surface area contributed by atoms with Gasteiger partial charge in [-0.1, -0.05) is 34.1 Å². The van der Waals surface area contributed by atoms with E-state index in [1.807, 2.05) is 24.3 Å². The lowest BCUT2D eigenvalue weighted by Gasteiger charge is -2.02. The molecule has 0 bridgehead atoms. The topological polar surface area (TPSA) is 45.8 Å². The van der Waals surface area contributed by atoms with E-state index in [4.69, 9.17) is 0 Å². The first-order valence-corrected chi connectivity index (χ1v) is 5.32. The van der Waals surface area contributed by atoms with Gasteiger partial charge in [0.1, 0.15) is 5.82 Å². The summed E-state index contributed by atoms with van der Waals surface area (Å²) in [6.45, 7) is 0. The van der Waals surface area contributed by atoms with Gasteiger partial charge in [0.25, 0.3) is 5.56 Å². The lowest BCUT2D eigenvalue weighted by molar-refractivity contribution is 0.943. The zero-order valence-corrected chi connectivity index (χ0v) is 9.49. The lowest BCUT2D eigenvalue weighted by atomic mass is 10.1. The molecule has 1 aromatic heterocycles. The van der Waals surface area contributed by atoms with Gasteiger partial charge in [0.2, 0.25) is 0 Å². The highest BCUT2D eigenvalue weighted by Crippen LogP contribution is 2.17. The fourth-order valence-corrected chi connectivity index (χ4v) is 1.75. The van der Waals surface area contributed by atoms with Crippen LogP contribution in [-0.2, 0) is 6.42 Å². The number of rotatable bonds is 2. The molecule has 0 aliphatic heterocycles. The number of benzene rings is 1. The van der Waals surface area contributed by atoms with Crippen LogP contribution in [0.5, 0.6) is 0 Å². The van der Waals surface area contributed by atoms with Gasteiger partial charge in [-0.15, -0.1) is 0 Å². The molecule has 2 aromatic rings. The predicted octanol–water partition coefficient (Wildman–Crippen LogP) is 2.12. The van der Waals surface area contributed by atoms with Gasteiger partial charge in [-0.2, -0.15) is 0 Å². The summed E-state index contributed by atoms with van der Waals surface area (Å²) in [7, 11) is 0. The van der Waals surface area contributed by atoms with Crippen LogP contribution in [0, 0.1) is 0 Å². The van der Waals surface area contributed by atoms with Crippen molar-refractivity contribution >= 4 is 15.9 Å². The fraction of sp³-hybridized carbons (Fsp3) is 0.0909. The fourth-order valence-electron chi connectivity index (χ4n) is 1.32. The molecule has 0 atom stereocenters. The highest BCUT2D eigenvalue weighted by Gasteiger charge is 2.01. The first-order valence-electron chi connectivity index (χ1n) is 4.53. The SMILES string of the molecule is O=c1ccnc(Cc2ccccc2Br)[nH]1. The van der Waals surface area contributed by atoms with Gasteiger partial charge in [-0.25, -0.2) is 4.98 Å². The summed E-state index contributed by atoms with van der Waals surface area (Å²) >= 11 is 3.45. The van der Waals surface area contributed by atoms with E-state index in [-0.39, 0.29) is 5.56 Å². The van der Waals surface area contributed by atoms with E-state index in [0.29, 0.717) is 12.2 Å². The van der Waals surface area contributed by atoms with E-state index in [2.05, 4.69) is 25.9 Å². The highest BCUT2D eigenvalue weighted by molar-refractivity contribution is 9.10. The predicted molar refractivity (Wildman–Crippen MR) is 61.8 cm³/mol. The first kappa shape index (κ1) is 10.1. The Morgan fingerprint density at radius 3 is 2.80 bits per heavy atom. The van der Waals surface area contributed by atoms with Crippen LogP contribution in [0.1, 0.15) is 11.4 Å². The molecule has 76 valence electrons. The van der Waals surface area contributed by atoms with Gasteiger partial charge in [0.05, 0.1) is 0 Å². The van der Waals surface area contributed by atoms with Crippen molar-refractivity contribution < 1.29 is 0 Å². The van der Waals surface area contributed by atoms with Crippen LogP contribution in [0.15, 0.2) is 45.8 Å². The van der Waals surface area contributed by atoms with Crippen molar-refractivity contribution in [1.82, 2.24) is 9.97 Å². The second-order valence-corrected chi connectivity index (χ2v) is 4.00. The molecular weight excluding hydrogens is 256 g/mol. The quantitative estimate of drug-likeness (QED) is 0.904. The van der Waals surface area contributed by atoms with E-state index in [0.717, 1.165) is 10.0 Å². The smallest absolute Gasteiger partial charge is 0.250 e. The van der Waals surface area contributed by atoms with Crippen LogP contribution >= 0.6 is 15.9 Å². The third kappa shape index (κ3) is 2.53. The maximum Gasteiger partial charge on any atom is 0.250 e. The number of H-pyrrole nitrogens is 1. The van der Waals surface area contributed by atoms with E-state index in [1.165, 1.54) is 12.3 Å². The summed E-state index contributed by atoms with van der Waals surface area (Å²) in [6, 6.07) is 9.28. The zero-order chi connectivity index (χ0) is 10.7. The van der Waals surface area contributed by atoms with E-state index in [1.54, 1.807) is 0 Å². The molecule has 0 fully saturated rings. The maximum absolute atomic E-state index is 11.1. The molecule has 1 heterocycles. The number of aromatic amines is 1. The molecular formula is C11H9BrN2O. The van der Waals surface area contributed by atoms with Gasteiger partial charge < -0.3 is 4.98 Å². The average Bonchev–Trinajstić information content (AvgIpc) is 2.22. The molecule has 0 saturated heterocycles. The minimum absolute atomic E-state index is 0.118. The van der Waals surface area contributed by atoms with Gasteiger partial charge >= 0.3 is 0 Å². The number of halogens is 1. The minimum atomic E-state index is -0.118. The van der Waals surface area contributed by atoms with Crippen molar-refractivity contribution in [2.75, 3.05) is 0 Å². The second-order valence-electron chi connectivity index (χ2n) is 3.15. The van der Waals surface area contributed by atoms with Crippen LogP contribution in [0.2, 0.25) is 0 Å². The molecule has 0 amide bonds. The molecule has 0 aliphatic rings. The third-order valence-electron chi connectivity index (χ3n) is 2.04. The summed E-state index contributed by atoms with van der Waals surface area (Å²) in [5.74, 6) is 0.675. The van der Waals surface area contributed by atoms with E-state index < -0.39 is 0 Å². The maximum atomic E-state index is 11.1. The van der Waals surface area contributed by atoms with Crippen molar-refractivity contribution in [3.63, 3.8) is 0 Å². The summed E-state index contributed by atoms with van der Waals surface area (Å²) in [5, 5.41) is 0. The molecule has 0 aliphatic carbocycles. The Bertz CT molecular complexity index is 522. The lowest BCUT2D eigenvalue weighted by Crippen LogP contribution is -2.09. The van der Waals surface area contributed by atoms with Crippen LogP contribution in [-0.4, -0.2) is 9.97 Å². The van der Waals surface area contributed by atoms with E-state index >= 15 is 0 Å². The molecule has 15 heavy (non-hydrogen) atoms. The summed E-state index contributed by atoms with van der Waals surface area (Å²) < 4.78 is 1.02. The molecule has 1 aromatic carbocycles. The van der Waals surface area contributed by atoms with Gasteiger partial charge in [0, 0.05) is 23.2 Å². The van der Waals surface area contributed by atoms with Crippen LogP contribution in [0.3, 0.4) is 0 Å². The molecule has 0 saturated carbocycles. The summed E-state index contributed by atoms with van der Waals surface area (Å²) in [6.07, 6.45) is 2.14. The van der Waals surface area contributed by atoms with Crippen molar-refractivity contribution in [3.8, 4) is 0 Å². The molecule has 0 unspecified atom stereocenters. The second kappa shape index (κ2) is 4.40. The Balaban J connectivity index is 2.30. The molecule has 0 radical (unpaired) electrons. The van der Waals surface area contributed by atoms with Gasteiger partial charge in [-0.05, 0) is 11.6 Å². The monoisotopic (exact) mass is 264 g/mol. The number of hydrogen-bond donors (Lipinski definition) is 1. The Morgan fingerprint density at radius 1 is 1.27 bits per heavy atom. The summed E-state index contributed by atoms with van der Waals surface area (Å²) in [5.41, 5.74) is 0.985. The average molecular weight is 265 g/mol.